The maximum absolute atomic E-state index is 15.3. The number of anilines is 1. The Hall–Kier alpha value is -8.72. The van der Waals surface area contributed by atoms with E-state index >= 15 is 8.78 Å². The van der Waals surface area contributed by atoms with Crippen LogP contribution in [0, 0.1) is 24.5 Å². The van der Waals surface area contributed by atoms with E-state index in [1.54, 1.807) is 64.8 Å². The third kappa shape index (κ3) is 11.3. The Morgan fingerprint density at radius 3 is 1.80 bits per heavy atom. The summed E-state index contributed by atoms with van der Waals surface area (Å²) in [5, 5.41) is 18.9. The van der Waals surface area contributed by atoms with Gasteiger partial charge in [0.1, 0.15) is 44.8 Å². The molecule has 0 amide bonds. The van der Waals surface area contributed by atoms with Crippen molar-refractivity contribution in [2.75, 3.05) is 18.4 Å². The van der Waals surface area contributed by atoms with Gasteiger partial charge in [0.15, 0.2) is 23.3 Å². The number of aromatic amines is 4. The maximum Gasteiger partial charge on any atom is 0.261 e. The van der Waals surface area contributed by atoms with E-state index in [1.807, 2.05) is 88.4 Å². The number of aryl methyl sites for hydroxylation is 1. The molecule has 1 aliphatic heterocycles. The summed E-state index contributed by atoms with van der Waals surface area (Å²) in [5.41, 5.74) is 12.5. The first kappa shape index (κ1) is 54.2. The normalized spacial score (nSPS) is 13.3. The summed E-state index contributed by atoms with van der Waals surface area (Å²) in [5.74, 6) is -2.01. The lowest BCUT2D eigenvalue weighted by Crippen LogP contribution is -2.24. The number of imidazole rings is 2. The fourth-order valence-corrected chi connectivity index (χ4v) is 11.7. The predicted molar refractivity (Wildman–Crippen MR) is 319 cm³/mol. The van der Waals surface area contributed by atoms with Gasteiger partial charge in [0.05, 0.1) is 39.2 Å². The smallest absolute Gasteiger partial charge is 0.261 e. The number of aromatic nitrogens is 12. The fraction of sp³-hybridized carbons (Fsp3) is 0.213. The zero-order chi connectivity index (χ0) is 56.7. The molecule has 20 heteroatoms. The molecule has 0 radical (unpaired) electrons. The minimum atomic E-state index is -2.66. The van der Waals surface area contributed by atoms with Gasteiger partial charge in [0, 0.05) is 87.8 Å². The van der Waals surface area contributed by atoms with Crippen molar-refractivity contribution in [1.29, 1.82) is 0 Å². The minimum Gasteiger partial charge on any atom is -0.358 e. The van der Waals surface area contributed by atoms with Gasteiger partial charge in [-0.15, -0.1) is 22.7 Å². The van der Waals surface area contributed by atoms with Crippen molar-refractivity contribution in [2.24, 2.45) is 5.92 Å². The standard InChI is InChI=1S/C31H28FN7S.C28H22F3N7S.C2H6/c1-16(2)10-18(5)35-21-11-20(14-33-15-21)19-12-22-27(23(32)13-19)38-39-28(22)31-36-24-8-9-34-30(29(24)37-31)26-7-6-25(40-26)17(3)4;1-15-2-3-22(39-15)26-25-21(4-6-33-26)34-27(35-25)24-19-9-17(10-20(29)23(19)36-37-24)18-8-16(11-32-12-18)13-38-7-5-28(30,31)14-38;1-2/h6-9,11-16,35H,3,5,10H2,1-2,4H3,(H,36,37)(H,38,39);2-4,6,8-12H,5,7,13-14H2,1H3,(H,34,35)(H,36,37);1-2H3. The summed E-state index contributed by atoms with van der Waals surface area (Å²) in [7, 11) is 0. The van der Waals surface area contributed by atoms with Gasteiger partial charge in [0.25, 0.3) is 5.92 Å². The van der Waals surface area contributed by atoms with Crippen molar-refractivity contribution < 1.29 is 17.6 Å². The fourth-order valence-electron chi connectivity index (χ4n) is 9.92. The van der Waals surface area contributed by atoms with E-state index in [1.165, 1.54) is 17.0 Å². The van der Waals surface area contributed by atoms with E-state index in [-0.39, 0.29) is 24.0 Å². The van der Waals surface area contributed by atoms with Crippen LogP contribution in [0.2, 0.25) is 0 Å². The summed E-state index contributed by atoms with van der Waals surface area (Å²) < 4.78 is 57.8. The number of likely N-dealkylation sites (tertiary alicyclic amines) is 1. The highest BCUT2D eigenvalue weighted by Crippen LogP contribution is 2.39. The highest BCUT2D eigenvalue weighted by atomic mass is 32.1. The molecule has 13 rings (SSSR count). The number of thiophene rings is 2. The molecule has 10 aromatic heterocycles. The first-order valence-electron chi connectivity index (χ1n) is 26.4. The largest absolute Gasteiger partial charge is 0.358 e. The summed E-state index contributed by atoms with van der Waals surface area (Å²) in [6.07, 6.45) is 11.0. The van der Waals surface area contributed by atoms with Crippen molar-refractivity contribution in [3.63, 3.8) is 0 Å². The number of alkyl halides is 2. The highest BCUT2D eigenvalue weighted by molar-refractivity contribution is 7.16. The second-order valence-electron chi connectivity index (χ2n) is 20.2. The van der Waals surface area contributed by atoms with Crippen LogP contribution in [0.4, 0.5) is 23.2 Å². The number of nitrogens with zero attached hydrogens (tertiary/aromatic N) is 9. The average Bonchev–Trinajstić information content (AvgIpc) is 4.30. The first-order valence-corrected chi connectivity index (χ1v) is 28.1. The number of hydrogen-bond acceptors (Lipinski definition) is 12. The van der Waals surface area contributed by atoms with Crippen molar-refractivity contribution in [3.8, 4) is 66.4 Å². The number of allylic oxidation sites excluding steroid dienone is 2. The van der Waals surface area contributed by atoms with Crippen LogP contribution < -0.4 is 5.32 Å². The molecular weight excluding hydrogens is 1070 g/mol. The number of halogens is 4. The number of fused-ring (bicyclic) bond motifs is 4. The van der Waals surface area contributed by atoms with Crippen molar-refractivity contribution >= 4 is 77.8 Å². The molecule has 0 bridgehead atoms. The Balaban J connectivity index is 0.000000165. The molecule has 0 unspecified atom stereocenters. The van der Waals surface area contributed by atoms with E-state index in [9.17, 15) is 8.78 Å². The molecule has 14 nitrogen and oxygen atoms in total. The Kier molecular flexibility index (Phi) is 15.0. The lowest BCUT2D eigenvalue weighted by atomic mass is 10.0. The zero-order valence-corrected chi connectivity index (χ0v) is 46.9. The maximum atomic E-state index is 15.3. The van der Waals surface area contributed by atoms with Crippen LogP contribution in [0.3, 0.4) is 0 Å². The molecule has 2 aromatic carbocycles. The van der Waals surface area contributed by atoms with E-state index in [4.69, 9.17) is 9.97 Å². The Bertz CT molecular complexity index is 4310. The number of pyridine rings is 4. The Morgan fingerprint density at radius 2 is 1.27 bits per heavy atom. The van der Waals surface area contributed by atoms with Gasteiger partial charge in [-0.25, -0.2) is 27.5 Å². The quantitative estimate of drug-likeness (QED) is 0.0697. The molecular formula is C61H56F4N14S2. The third-order valence-corrected chi connectivity index (χ3v) is 15.8. The van der Waals surface area contributed by atoms with Gasteiger partial charge >= 0.3 is 0 Å². The van der Waals surface area contributed by atoms with Gasteiger partial charge in [-0.1, -0.05) is 40.9 Å². The van der Waals surface area contributed by atoms with Crippen LogP contribution >= 0.6 is 22.7 Å². The van der Waals surface area contributed by atoms with Gasteiger partial charge in [-0.2, -0.15) is 10.2 Å². The van der Waals surface area contributed by atoms with Crippen LogP contribution in [0.5, 0.6) is 0 Å². The number of rotatable bonds is 13. The molecule has 1 fully saturated rings. The van der Waals surface area contributed by atoms with E-state index in [2.05, 4.69) is 82.6 Å². The highest BCUT2D eigenvalue weighted by Gasteiger charge is 2.38. The summed E-state index contributed by atoms with van der Waals surface area (Å²) in [6.45, 7) is 20.9. The first-order chi connectivity index (χ1) is 39.1. The monoisotopic (exact) mass is 1120 g/mol. The summed E-state index contributed by atoms with van der Waals surface area (Å²) in [4.78, 5) is 40.2. The van der Waals surface area contributed by atoms with Crippen molar-refractivity contribution in [1.82, 2.24) is 65.2 Å². The molecule has 1 aliphatic rings. The number of nitrogens with one attached hydrogen (secondary N) is 5. The lowest BCUT2D eigenvalue weighted by Gasteiger charge is -2.15. The van der Waals surface area contributed by atoms with Crippen LogP contribution in [0.25, 0.3) is 116 Å². The van der Waals surface area contributed by atoms with Crippen LogP contribution in [-0.4, -0.2) is 84.2 Å². The van der Waals surface area contributed by atoms with E-state index in [0.29, 0.717) is 69.5 Å². The third-order valence-electron chi connectivity index (χ3n) is 13.6. The van der Waals surface area contributed by atoms with Crippen LogP contribution in [-0.2, 0) is 6.54 Å². The summed E-state index contributed by atoms with van der Waals surface area (Å²) >= 11 is 3.27. The van der Waals surface area contributed by atoms with Gasteiger partial charge in [0.2, 0.25) is 0 Å². The topological polar surface area (TPSA) is 182 Å². The molecule has 81 heavy (non-hydrogen) atoms. The molecule has 5 N–H and O–H groups in total. The molecule has 12 aromatic rings. The molecule has 0 atom stereocenters. The van der Waals surface area contributed by atoms with Gasteiger partial charge in [-0.3, -0.25) is 35.0 Å². The van der Waals surface area contributed by atoms with Crippen molar-refractivity contribution in [3.05, 3.63) is 156 Å². The average molecular weight is 1130 g/mol. The minimum absolute atomic E-state index is 0.141. The van der Waals surface area contributed by atoms with Gasteiger partial charge in [-0.05, 0) is 121 Å². The molecule has 1 saturated heterocycles. The Labute approximate surface area is 471 Å². The molecule has 0 aliphatic carbocycles. The van der Waals surface area contributed by atoms with Gasteiger partial charge < -0.3 is 15.3 Å². The Morgan fingerprint density at radius 1 is 0.704 bits per heavy atom. The lowest BCUT2D eigenvalue weighted by molar-refractivity contribution is 0.0115. The molecule has 0 spiro atoms. The molecule has 11 heterocycles. The second-order valence-corrected chi connectivity index (χ2v) is 22.6. The van der Waals surface area contributed by atoms with Crippen LogP contribution in [0.15, 0.2) is 129 Å². The molecule has 0 saturated carbocycles. The number of H-pyrrole nitrogens is 4. The summed E-state index contributed by atoms with van der Waals surface area (Å²) in [6, 6.07) is 22.3. The SMILES string of the molecule is C=C(CC(C)C)Nc1cncc(-c2cc(F)c3n[nH]c(-c4nc5c(-c6ccc(C(=C)C)s6)nccc5[nH]4)c3c2)c1.CC.Cc1ccc(-c2nccc3[nH]c(-c4[nH]nc5c(F)cc(-c6cncc(CN7CCC(F)(F)C7)c6)cc45)nc23)s1. The van der Waals surface area contributed by atoms with Crippen molar-refractivity contribution in [2.45, 2.75) is 66.9 Å². The van der Waals surface area contributed by atoms with E-state index < -0.39 is 17.6 Å². The van der Waals surface area contributed by atoms with E-state index in [0.717, 1.165) is 82.6 Å². The zero-order valence-electron chi connectivity index (χ0n) is 45.3. The number of benzene rings is 2. The number of hydrogen-bond donors (Lipinski definition) is 5. The van der Waals surface area contributed by atoms with Crippen LogP contribution in [0.1, 0.15) is 62.8 Å². The second kappa shape index (κ2) is 22.4. The predicted octanol–water partition coefficient (Wildman–Crippen LogP) is 16.0. The molecule has 410 valence electrons.